The molecule has 2 heterocycles. The van der Waals surface area contributed by atoms with Crippen molar-refractivity contribution in [2.75, 3.05) is 45.9 Å². The van der Waals surface area contributed by atoms with Crippen LogP contribution in [0.15, 0.2) is 69.9 Å². The van der Waals surface area contributed by atoms with Gasteiger partial charge in [-0.2, -0.15) is 4.31 Å². The van der Waals surface area contributed by atoms with E-state index in [-0.39, 0.29) is 0 Å². The lowest BCUT2D eigenvalue weighted by Gasteiger charge is -2.26. The molecule has 4 rings (SSSR count). The maximum atomic E-state index is 12.9. The number of thiazole rings is 1. The molecule has 0 unspecified atom stereocenters. The Morgan fingerprint density at radius 2 is 1.66 bits per heavy atom. The van der Waals surface area contributed by atoms with Gasteiger partial charge in [0.1, 0.15) is 0 Å². The lowest BCUT2D eigenvalue weighted by atomic mass is 10.2. The number of aromatic nitrogens is 1. The van der Waals surface area contributed by atoms with Gasteiger partial charge in [-0.1, -0.05) is 44.2 Å². The Bertz CT molecular complexity index is 1240. The van der Waals surface area contributed by atoms with Crippen LogP contribution >= 0.6 is 11.3 Å². The number of para-hydroxylation sites is 1. The zero-order valence-corrected chi connectivity index (χ0v) is 22.1. The molecule has 0 atom stereocenters. The van der Waals surface area contributed by atoms with Crippen LogP contribution in [0.25, 0.3) is 11.3 Å². The molecule has 9 heteroatoms. The van der Waals surface area contributed by atoms with Crippen LogP contribution in [-0.2, 0) is 21.3 Å². The normalized spacial score (nSPS) is 15.7. The first kappa shape index (κ1) is 25.8. The Morgan fingerprint density at radius 3 is 2.31 bits per heavy atom. The highest BCUT2D eigenvalue weighted by molar-refractivity contribution is 7.89. The Balaban J connectivity index is 1.63. The topological polar surface area (TPSA) is 67.1 Å². The molecule has 0 amide bonds. The number of morpholine rings is 1. The minimum Gasteiger partial charge on any atom is -0.379 e. The molecule has 1 aromatic heterocycles. The Labute approximate surface area is 212 Å². The molecule has 0 aliphatic carbocycles. The van der Waals surface area contributed by atoms with E-state index >= 15 is 0 Å². The standard InChI is InChI=1S/C26H34N4O3S2/c1-3-29(4-2)35(31,32)24-13-11-22(12-14-24)25-21-34-26(27-23-9-6-5-7-10-23)30(25)16-8-15-28-17-19-33-20-18-28/h5-7,9-14,21H,3-4,8,15-20H2,1-2H3. The van der Waals surface area contributed by atoms with Crippen molar-refractivity contribution in [2.24, 2.45) is 4.99 Å². The van der Waals surface area contributed by atoms with Crippen molar-refractivity contribution in [3.63, 3.8) is 0 Å². The Morgan fingerprint density at radius 1 is 0.971 bits per heavy atom. The summed E-state index contributed by atoms with van der Waals surface area (Å²) in [5.41, 5.74) is 2.96. The average Bonchev–Trinajstić information content (AvgIpc) is 3.28. The molecule has 0 radical (unpaired) electrons. The fraction of sp³-hybridized carbons (Fsp3) is 0.423. The summed E-state index contributed by atoms with van der Waals surface area (Å²) in [4.78, 5) is 8.61. The van der Waals surface area contributed by atoms with Gasteiger partial charge in [0, 0.05) is 44.6 Å². The van der Waals surface area contributed by atoms with E-state index in [1.165, 1.54) is 4.31 Å². The van der Waals surface area contributed by atoms with Gasteiger partial charge >= 0.3 is 0 Å². The van der Waals surface area contributed by atoms with Gasteiger partial charge in [-0.05, 0) is 36.2 Å². The number of benzene rings is 2. The molecule has 2 aromatic carbocycles. The van der Waals surface area contributed by atoms with Gasteiger partial charge in [0.05, 0.1) is 29.5 Å². The van der Waals surface area contributed by atoms with Crippen LogP contribution in [0.3, 0.4) is 0 Å². The molecule has 1 saturated heterocycles. The van der Waals surface area contributed by atoms with E-state index in [1.54, 1.807) is 23.5 Å². The number of hydrogen-bond donors (Lipinski definition) is 0. The molecule has 0 N–H and O–H groups in total. The van der Waals surface area contributed by atoms with Crippen LogP contribution in [0.4, 0.5) is 5.69 Å². The zero-order valence-electron chi connectivity index (χ0n) is 20.5. The van der Waals surface area contributed by atoms with Crippen molar-refractivity contribution < 1.29 is 13.2 Å². The van der Waals surface area contributed by atoms with Crippen molar-refractivity contribution in [1.29, 1.82) is 0 Å². The molecular weight excluding hydrogens is 480 g/mol. The second kappa shape index (κ2) is 12.1. The number of sulfonamides is 1. The molecule has 1 aliphatic heterocycles. The van der Waals surface area contributed by atoms with Gasteiger partial charge in [-0.3, -0.25) is 4.90 Å². The summed E-state index contributed by atoms with van der Waals surface area (Å²) in [6, 6.07) is 17.2. The van der Waals surface area contributed by atoms with E-state index in [0.29, 0.717) is 18.0 Å². The number of ether oxygens (including phenoxy) is 1. The molecule has 0 saturated carbocycles. The second-order valence-electron chi connectivity index (χ2n) is 8.42. The fourth-order valence-corrected chi connectivity index (χ4v) is 6.68. The molecule has 0 spiro atoms. The number of hydrogen-bond acceptors (Lipinski definition) is 6. The molecule has 3 aromatic rings. The van der Waals surface area contributed by atoms with Gasteiger partial charge in [0.15, 0.2) is 4.80 Å². The van der Waals surface area contributed by atoms with E-state index in [0.717, 1.165) is 67.6 Å². The highest BCUT2D eigenvalue weighted by Crippen LogP contribution is 2.24. The smallest absolute Gasteiger partial charge is 0.243 e. The summed E-state index contributed by atoms with van der Waals surface area (Å²) in [5, 5.41) is 2.12. The minimum absolute atomic E-state index is 0.327. The maximum Gasteiger partial charge on any atom is 0.243 e. The second-order valence-corrected chi connectivity index (χ2v) is 11.2. The molecule has 1 aliphatic rings. The van der Waals surface area contributed by atoms with Crippen LogP contribution in [-0.4, -0.2) is 68.1 Å². The quantitative estimate of drug-likeness (QED) is 0.407. The van der Waals surface area contributed by atoms with Gasteiger partial charge in [-0.25, -0.2) is 13.4 Å². The van der Waals surface area contributed by atoms with Gasteiger partial charge in [0.2, 0.25) is 10.0 Å². The van der Waals surface area contributed by atoms with E-state index < -0.39 is 10.0 Å². The van der Waals surface area contributed by atoms with E-state index in [9.17, 15) is 8.42 Å². The zero-order chi connectivity index (χ0) is 24.7. The van der Waals surface area contributed by atoms with Crippen LogP contribution in [0.2, 0.25) is 0 Å². The summed E-state index contributed by atoms with van der Waals surface area (Å²) in [5.74, 6) is 0. The SMILES string of the molecule is CCN(CC)S(=O)(=O)c1ccc(-c2csc(=Nc3ccccc3)n2CCCN2CCOCC2)cc1. The highest BCUT2D eigenvalue weighted by atomic mass is 32.2. The molecule has 7 nitrogen and oxygen atoms in total. The summed E-state index contributed by atoms with van der Waals surface area (Å²) in [6.45, 7) is 10.0. The first-order valence-corrected chi connectivity index (χ1v) is 14.5. The lowest BCUT2D eigenvalue weighted by molar-refractivity contribution is 0.0369. The van der Waals surface area contributed by atoms with Gasteiger partial charge < -0.3 is 9.30 Å². The predicted molar refractivity (Wildman–Crippen MR) is 141 cm³/mol. The minimum atomic E-state index is -3.48. The Hall–Kier alpha value is -2.30. The third-order valence-corrected chi connectivity index (χ3v) is 9.16. The van der Waals surface area contributed by atoms with Crippen LogP contribution < -0.4 is 4.80 Å². The van der Waals surface area contributed by atoms with E-state index in [2.05, 4.69) is 14.8 Å². The van der Waals surface area contributed by atoms with Crippen molar-refractivity contribution in [2.45, 2.75) is 31.7 Å². The fourth-order valence-electron chi connectivity index (χ4n) is 4.27. The summed E-state index contributed by atoms with van der Waals surface area (Å²) in [6.07, 6.45) is 1.00. The van der Waals surface area contributed by atoms with Crippen molar-refractivity contribution >= 4 is 27.0 Å². The molecule has 1 fully saturated rings. The third kappa shape index (κ3) is 6.29. The van der Waals surface area contributed by atoms with Crippen molar-refractivity contribution in [3.05, 3.63) is 64.8 Å². The molecular formula is C26H34N4O3S2. The monoisotopic (exact) mass is 514 g/mol. The van der Waals surface area contributed by atoms with Gasteiger partial charge in [0.25, 0.3) is 0 Å². The van der Waals surface area contributed by atoms with Crippen LogP contribution in [0.1, 0.15) is 20.3 Å². The molecule has 0 bridgehead atoms. The van der Waals surface area contributed by atoms with E-state index in [1.807, 2.05) is 56.3 Å². The van der Waals surface area contributed by atoms with E-state index in [4.69, 9.17) is 9.73 Å². The van der Waals surface area contributed by atoms with Crippen LogP contribution in [0.5, 0.6) is 0 Å². The van der Waals surface area contributed by atoms with Crippen LogP contribution in [0, 0.1) is 0 Å². The highest BCUT2D eigenvalue weighted by Gasteiger charge is 2.21. The Kier molecular flexibility index (Phi) is 8.91. The predicted octanol–water partition coefficient (Wildman–Crippen LogP) is 4.20. The summed E-state index contributed by atoms with van der Waals surface area (Å²) in [7, 11) is -3.48. The van der Waals surface area contributed by atoms with Crippen molar-refractivity contribution in [3.8, 4) is 11.3 Å². The lowest BCUT2D eigenvalue weighted by Crippen LogP contribution is -2.37. The molecule has 188 valence electrons. The average molecular weight is 515 g/mol. The van der Waals surface area contributed by atoms with Gasteiger partial charge in [-0.15, -0.1) is 11.3 Å². The third-order valence-electron chi connectivity index (χ3n) is 6.23. The summed E-state index contributed by atoms with van der Waals surface area (Å²) < 4.78 is 35.0. The maximum absolute atomic E-state index is 12.9. The first-order valence-electron chi connectivity index (χ1n) is 12.2. The largest absolute Gasteiger partial charge is 0.379 e. The van der Waals surface area contributed by atoms with Crippen molar-refractivity contribution in [1.82, 2.24) is 13.8 Å². The number of nitrogens with zero attached hydrogens (tertiary/aromatic N) is 4. The number of rotatable bonds is 10. The molecule has 35 heavy (non-hydrogen) atoms. The summed E-state index contributed by atoms with van der Waals surface area (Å²) >= 11 is 1.61. The first-order chi connectivity index (χ1) is 17.0.